The number of nitrogens with one attached hydrogen (secondary N) is 1. The lowest BCUT2D eigenvalue weighted by molar-refractivity contribution is -0.131. The van der Waals surface area contributed by atoms with Gasteiger partial charge in [-0.05, 0) is 55.3 Å². The topological polar surface area (TPSA) is 129 Å². The molecule has 0 aromatic heterocycles. The van der Waals surface area contributed by atoms with Crippen molar-refractivity contribution in [3.05, 3.63) is 70.2 Å². The third-order valence-corrected chi connectivity index (χ3v) is 4.80. The van der Waals surface area contributed by atoms with Gasteiger partial charge in [0.25, 0.3) is 0 Å². The minimum absolute atomic E-state index is 0.0810. The first-order chi connectivity index (χ1) is 14.8. The first-order valence-corrected chi connectivity index (χ1v) is 10.0. The van der Waals surface area contributed by atoms with Crippen molar-refractivity contribution < 1.29 is 29.3 Å². The monoisotopic (exact) mass is 488 g/mol. The highest BCUT2D eigenvalue weighted by atomic mass is 79.9. The van der Waals surface area contributed by atoms with Gasteiger partial charge in [0.05, 0.1) is 17.7 Å². The molecule has 0 aliphatic carbocycles. The maximum absolute atomic E-state index is 12.5. The average Bonchev–Trinajstić information content (AvgIpc) is 2.74. The Kier molecular flexibility index (Phi) is 9.06. The Labute approximate surface area is 187 Å². The Morgan fingerprint density at radius 3 is 2.58 bits per heavy atom. The maximum atomic E-state index is 12.5. The number of aromatic hydroxyl groups is 1. The van der Waals surface area contributed by atoms with Crippen molar-refractivity contribution in [1.82, 2.24) is 0 Å². The number of phenolic OH excluding ortho intramolecular Hbond substituents is 1. The Bertz CT molecular complexity index is 984. The SMILES string of the molecule is CO[C@@H](CC/C=C/C(=O)O)[C@@H](OC(=O)Nc1ccc(C#N)cc1)c1cc(Br)ccc1O. The van der Waals surface area contributed by atoms with Crippen LogP contribution < -0.4 is 5.32 Å². The maximum Gasteiger partial charge on any atom is 0.412 e. The number of nitriles is 1. The molecule has 2 aromatic rings. The van der Waals surface area contributed by atoms with Crippen molar-refractivity contribution in [3.8, 4) is 11.8 Å². The second-order valence-corrected chi connectivity index (χ2v) is 7.35. The molecule has 3 N–H and O–H groups in total. The molecule has 0 saturated heterocycles. The van der Waals surface area contributed by atoms with Crippen molar-refractivity contribution in [2.45, 2.75) is 25.0 Å². The number of carbonyl (C=O) groups excluding carboxylic acids is 1. The number of aliphatic carboxylic acids is 1. The zero-order valence-electron chi connectivity index (χ0n) is 16.6. The Balaban J connectivity index is 2.23. The van der Waals surface area contributed by atoms with Gasteiger partial charge >= 0.3 is 12.1 Å². The predicted octanol–water partition coefficient (Wildman–Crippen LogP) is 4.75. The molecule has 1 amide bonds. The van der Waals surface area contributed by atoms with Crippen LogP contribution >= 0.6 is 15.9 Å². The predicted molar refractivity (Wildman–Crippen MR) is 117 cm³/mol. The molecule has 0 aliphatic rings. The minimum Gasteiger partial charge on any atom is -0.508 e. The van der Waals surface area contributed by atoms with Gasteiger partial charge in [-0.1, -0.05) is 22.0 Å². The highest BCUT2D eigenvalue weighted by Gasteiger charge is 2.29. The number of carbonyl (C=O) groups is 2. The Morgan fingerprint density at radius 2 is 1.97 bits per heavy atom. The van der Waals surface area contributed by atoms with Crippen molar-refractivity contribution in [2.75, 3.05) is 12.4 Å². The van der Waals surface area contributed by atoms with Gasteiger partial charge in [0.15, 0.2) is 6.10 Å². The summed E-state index contributed by atoms with van der Waals surface area (Å²) < 4.78 is 11.8. The molecule has 31 heavy (non-hydrogen) atoms. The number of halogens is 1. The standard InChI is InChI=1S/C22H21BrN2O6/c1-30-19(4-2-3-5-20(27)28)21(17-12-15(23)8-11-18(17)26)31-22(29)25-16-9-6-14(13-24)7-10-16/h3,5-12,19,21,26H,2,4H2,1H3,(H,25,29)(H,27,28)/b5-3+/t19-,21-/m0/s1. The third-order valence-electron chi connectivity index (χ3n) is 4.31. The highest BCUT2D eigenvalue weighted by Crippen LogP contribution is 2.35. The lowest BCUT2D eigenvalue weighted by atomic mass is 9.99. The van der Waals surface area contributed by atoms with Crippen LogP contribution in [0, 0.1) is 11.3 Å². The number of phenols is 1. The number of ether oxygens (including phenoxy) is 2. The molecule has 0 aliphatic heterocycles. The number of rotatable bonds is 9. The van der Waals surface area contributed by atoms with Crippen LogP contribution in [0.3, 0.4) is 0 Å². The van der Waals surface area contributed by atoms with Crippen LogP contribution in [0.15, 0.2) is 59.1 Å². The molecule has 162 valence electrons. The summed E-state index contributed by atoms with van der Waals surface area (Å²) in [4.78, 5) is 23.2. The zero-order chi connectivity index (χ0) is 22.8. The lowest BCUT2D eigenvalue weighted by Gasteiger charge is -2.27. The zero-order valence-corrected chi connectivity index (χ0v) is 18.2. The van der Waals surface area contributed by atoms with Gasteiger partial charge in [0.2, 0.25) is 0 Å². The number of hydrogen-bond donors (Lipinski definition) is 3. The van der Waals surface area contributed by atoms with Gasteiger partial charge in [-0.3, -0.25) is 5.32 Å². The molecule has 8 nitrogen and oxygen atoms in total. The number of amides is 1. The molecule has 9 heteroatoms. The Hall–Kier alpha value is -3.35. The second-order valence-electron chi connectivity index (χ2n) is 6.44. The van der Waals surface area contributed by atoms with Crippen molar-refractivity contribution in [3.63, 3.8) is 0 Å². The first-order valence-electron chi connectivity index (χ1n) is 9.22. The van der Waals surface area contributed by atoms with Crippen molar-refractivity contribution >= 4 is 33.7 Å². The number of carboxylic acids is 1. The Morgan fingerprint density at radius 1 is 1.26 bits per heavy atom. The second kappa shape index (κ2) is 11.7. The van der Waals surface area contributed by atoms with Gasteiger partial charge in [0.1, 0.15) is 5.75 Å². The number of allylic oxidation sites excluding steroid dienone is 1. The molecule has 2 atom stereocenters. The summed E-state index contributed by atoms with van der Waals surface area (Å²) in [5.41, 5.74) is 1.21. The lowest BCUT2D eigenvalue weighted by Crippen LogP contribution is -2.28. The van der Waals surface area contributed by atoms with Crippen LogP contribution in [0.5, 0.6) is 5.75 Å². The van der Waals surface area contributed by atoms with Gasteiger partial charge in [-0.15, -0.1) is 0 Å². The molecule has 0 unspecified atom stereocenters. The van der Waals surface area contributed by atoms with Crippen LogP contribution in [0.2, 0.25) is 0 Å². The summed E-state index contributed by atoms with van der Waals surface area (Å²) in [6.45, 7) is 0. The summed E-state index contributed by atoms with van der Waals surface area (Å²) in [5, 5.41) is 30.5. The summed E-state index contributed by atoms with van der Waals surface area (Å²) in [5.74, 6) is -1.14. The normalized spacial score (nSPS) is 12.7. The van der Waals surface area contributed by atoms with E-state index in [-0.39, 0.29) is 5.75 Å². The smallest absolute Gasteiger partial charge is 0.412 e. The van der Waals surface area contributed by atoms with Crippen LogP contribution in [-0.2, 0) is 14.3 Å². The molecule has 0 spiro atoms. The van der Waals surface area contributed by atoms with E-state index in [4.69, 9.17) is 19.8 Å². The van der Waals surface area contributed by atoms with Crippen LogP contribution in [0.1, 0.15) is 30.1 Å². The van der Waals surface area contributed by atoms with Crippen LogP contribution in [-0.4, -0.2) is 35.5 Å². The molecular formula is C22H21BrN2O6. The summed E-state index contributed by atoms with van der Waals surface area (Å²) in [7, 11) is 1.44. The number of nitrogens with zero attached hydrogens (tertiary/aromatic N) is 1. The summed E-state index contributed by atoms with van der Waals surface area (Å²) in [6, 6.07) is 13.0. The molecule has 2 rings (SSSR count). The van der Waals surface area contributed by atoms with E-state index in [2.05, 4.69) is 21.2 Å². The van der Waals surface area contributed by atoms with E-state index in [1.54, 1.807) is 36.4 Å². The van der Waals surface area contributed by atoms with E-state index in [0.29, 0.717) is 34.1 Å². The van der Waals surface area contributed by atoms with Crippen molar-refractivity contribution in [2.24, 2.45) is 0 Å². The molecule has 2 aromatic carbocycles. The summed E-state index contributed by atoms with van der Waals surface area (Å²) in [6.07, 6.45) is 0.777. The molecule has 0 bridgehead atoms. The van der Waals surface area contributed by atoms with Gasteiger partial charge in [-0.2, -0.15) is 5.26 Å². The fraction of sp³-hybridized carbons (Fsp3) is 0.227. The third kappa shape index (κ3) is 7.44. The van der Waals surface area contributed by atoms with E-state index in [0.717, 1.165) is 6.08 Å². The van der Waals surface area contributed by atoms with E-state index in [1.807, 2.05) is 6.07 Å². The quantitative estimate of drug-likeness (QED) is 0.434. The van der Waals surface area contributed by atoms with Crippen LogP contribution in [0.4, 0.5) is 10.5 Å². The number of anilines is 1. The van der Waals surface area contributed by atoms with Crippen LogP contribution in [0.25, 0.3) is 0 Å². The number of methoxy groups -OCH3 is 1. The largest absolute Gasteiger partial charge is 0.508 e. The molecule has 0 fully saturated rings. The van der Waals surface area contributed by atoms with E-state index >= 15 is 0 Å². The highest BCUT2D eigenvalue weighted by molar-refractivity contribution is 9.10. The fourth-order valence-electron chi connectivity index (χ4n) is 2.82. The minimum atomic E-state index is -1.06. The molecule has 0 saturated carbocycles. The first kappa shape index (κ1) is 23.9. The fourth-order valence-corrected chi connectivity index (χ4v) is 3.20. The molecular weight excluding hydrogens is 468 g/mol. The average molecular weight is 489 g/mol. The van der Waals surface area contributed by atoms with E-state index in [9.17, 15) is 14.7 Å². The van der Waals surface area contributed by atoms with Gasteiger partial charge in [0, 0.05) is 28.9 Å². The van der Waals surface area contributed by atoms with E-state index < -0.39 is 24.3 Å². The number of hydrogen-bond acceptors (Lipinski definition) is 6. The van der Waals surface area contributed by atoms with E-state index in [1.165, 1.54) is 19.3 Å². The van der Waals surface area contributed by atoms with Gasteiger partial charge in [-0.25, -0.2) is 9.59 Å². The van der Waals surface area contributed by atoms with Gasteiger partial charge < -0.3 is 19.7 Å². The number of carboxylic acid groups (broad SMARTS) is 1. The summed E-state index contributed by atoms with van der Waals surface area (Å²) >= 11 is 3.34. The van der Waals surface area contributed by atoms with Crippen molar-refractivity contribution in [1.29, 1.82) is 5.26 Å². The molecule has 0 heterocycles. The molecule has 0 radical (unpaired) electrons. The number of benzene rings is 2.